The molecule has 0 N–H and O–H groups in total. The maximum Gasteiger partial charge on any atom is 0.227 e. The van der Waals surface area contributed by atoms with E-state index >= 15 is 0 Å². The van der Waals surface area contributed by atoms with E-state index in [1.54, 1.807) is 0 Å². The lowest BCUT2D eigenvalue weighted by atomic mass is 9.99. The molecule has 11 rings (SSSR count). The van der Waals surface area contributed by atoms with E-state index in [2.05, 4.69) is 30.3 Å². The summed E-state index contributed by atoms with van der Waals surface area (Å²) >= 11 is 0. The Hall–Kier alpha value is -7.38. The standard InChI is InChI=1S/C46H26N4O3/c1-3-13-27(14-4-1)29-17-7-8-18-30(29)43-48-44(33-21-12-24-37-39(33)31-19-9-10-23-36(31)51-37)50-45(49-43)34-22-11-20-32-40-38(52-41(32)34)26-25-35-42(40)53-46(47-35)28-15-5-2-6-16-28/h1-26H. The molecule has 0 saturated heterocycles. The number of hydrogen-bond donors (Lipinski definition) is 0. The summed E-state index contributed by atoms with van der Waals surface area (Å²) in [6, 6.07) is 52.4. The van der Waals surface area contributed by atoms with Crippen LogP contribution in [0.2, 0.25) is 0 Å². The van der Waals surface area contributed by atoms with Crippen molar-refractivity contribution in [1.29, 1.82) is 0 Å². The zero-order valence-electron chi connectivity index (χ0n) is 28.0. The van der Waals surface area contributed by atoms with E-state index < -0.39 is 0 Å². The Morgan fingerprint density at radius 1 is 0.321 bits per heavy atom. The third-order valence-electron chi connectivity index (χ3n) is 9.81. The van der Waals surface area contributed by atoms with E-state index in [0.717, 1.165) is 71.6 Å². The topological polar surface area (TPSA) is 91.0 Å². The molecule has 7 aromatic carbocycles. The second-order valence-corrected chi connectivity index (χ2v) is 13.0. The van der Waals surface area contributed by atoms with Crippen molar-refractivity contribution in [3.63, 3.8) is 0 Å². The molecule has 248 valence electrons. The highest BCUT2D eigenvalue weighted by atomic mass is 16.4. The molecule has 11 aromatic rings. The lowest BCUT2D eigenvalue weighted by Gasteiger charge is -2.12. The number of benzene rings is 7. The molecule has 0 unspecified atom stereocenters. The van der Waals surface area contributed by atoms with Gasteiger partial charge in [-0.3, -0.25) is 0 Å². The summed E-state index contributed by atoms with van der Waals surface area (Å²) in [6.45, 7) is 0. The molecule has 0 saturated carbocycles. The maximum atomic E-state index is 6.66. The molecule has 0 fully saturated rings. The van der Waals surface area contributed by atoms with Crippen molar-refractivity contribution in [2.45, 2.75) is 0 Å². The molecule has 4 heterocycles. The number of oxazole rings is 1. The van der Waals surface area contributed by atoms with Gasteiger partial charge in [0, 0.05) is 32.8 Å². The van der Waals surface area contributed by atoms with E-state index in [4.69, 9.17) is 33.2 Å². The number of fused-ring (bicyclic) bond motifs is 8. The first-order valence-electron chi connectivity index (χ1n) is 17.4. The van der Waals surface area contributed by atoms with Gasteiger partial charge in [0.2, 0.25) is 5.89 Å². The Bertz CT molecular complexity index is 3180. The van der Waals surface area contributed by atoms with E-state index in [1.807, 2.05) is 127 Å². The van der Waals surface area contributed by atoms with Crippen LogP contribution >= 0.6 is 0 Å². The molecule has 0 aliphatic carbocycles. The minimum atomic E-state index is 0.487. The number of furan rings is 2. The molecule has 0 aliphatic rings. The first kappa shape index (κ1) is 29.4. The summed E-state index contributed by atoms with van der Waals surface area (Å²) < 4.78 is 19.4. The number of rotatable bonds is 5. The van der Waals surface area contributed by atoms with Crippen LogP contribution in [-0.2, 0) is 0 Å². The van der Waals surface area contributed by atoms with Gasteiger partial charge in [0.15, 0.2) is 23.1 Å². The molecule has 0 atom stereocenters. The van der Waals surface area contributed by atoms with Gasteiger partial charge >= 0.3 is 0 Å². The van der Waals surface area contributed by atoms with E-state index in [-0.39, 0.29) is 0 Å². The lowest BCUT2D eigenvalue weighted by Crippen LogP contribution is -2.01. The normalized spacial score (nSPS) is 11.8. The molecule has 7 nitrogen and oxygen atoms in total. The SMILES string of the molecule is c1ccc(-c2nc3ccc4oc5c(-c6nc(-c7ccccc7-c7ccccc7)nc(-c7cccc8oc9ccccc9c78)n6)cccc5c4c3o2)cc1. The molecule has 0 aliphatic heterocycles. The quantitative estimate of drug-likeness (QED) is 0.178. The second kappa shape index (κ2) is 11.6. The minimum Gasteiger partial charge on any atom is -0.456 e. The van der Waals surface area contributed by atoms with Gasteiger partial charge in [-0.2, -0.15) is 0 Å². The molecule has 7 heteroatoms. The van der Waals surface area contributed by atoms with Gasteiger partial charge in [-0.25, -0.2) is 19.9 Å². The van der Waals surface area contributed by atoms with Gasteiger partial charge < -0.3 is 13.3 Å². The minimum absolute atomic E-state index is 0.487. The van der Waals surface area contributed by atoms with Crippen LogP contribution in [0.15, 0.2) is 171 Å². The maximum absolute atomic E-state index is 6.66. The summed E-state index contributed by atoms with van der Waals surface area (Å²) in [7, 11) is 0. The highest BCUT2D eigenvalue weighted by Crippen LogP contribution is 2.42. The summed E-state index contributed by atoms with van der Waals surface area (Å²) in [6.07, 6.45) is 0. The molecule has 0 radical (unpaired) electrons. The summed E-state index contributed by atoms with van der Waals surface area (Å²) in [5.41, 5.74) is 9.82. The van der Waals surface area contributed by atoms with Crippen molar-refractivity contribution in [3.05, 3.63) is 158 Å². The van der Waals surface area contributed by atoms with Crippen LogP contribution in [0.25, 0.3) is 112 Å². The van der Waals surface area contributed by atoms with Crippen LogP contribution in [0, 0.1) is 0 Å². The van der Waals surface area contributed by atoms with Crippen molar-refractivity contribution in [2.24, 2.45) is 0 Å². The average Bonchev–Trinajstić information content (AvgIpc) is 3.95. The molecule has 0 amide bonds. The largest absolute Gasteiger partial charge is 0.456 e. The van der Waals surface area contributed by atoms with Crippen molar-refractivity contribution in [2.75, 3.05) is 0 Å². The third-order valence-corrected chi connectivity index (χ3v) is 9.81. The Labute approximate surface area is 301 Å². The zero-order chi connectivity index (χ0) is 34.9. The number of aromatic nitrogens is 4. The predicted octanol–water partition coefficient (Wildman–Crippen LogP) is 12.1. The molecule has 0 spiro atoms. The summed E-state index contributed by atoms with van der Waals surface area (Å²) in [4.78, 5) is 20.4. The van der Waals surface area contributed by atoms with Crippen molar-refractivity contribution in [3.8, 4) is 56.7 Å². The Balaban J connectivity index is 1.18. The molecule has 4 aromatic heterocycles. The predicted molar refractivity (Wildman–Crippen MR) is 209 cm³/mol. The second-order valence-electron chi connectivity index (χ2n) is 13.0. The molecular weight excluding hydrogens is 657 g/mol. The fourth-order valence-corrected chi connectivity index (χ4v) is 7.39. The molecule has 53 heavy (non-hydrogen) atoms. The zero-order valence-corrected chi connectivity index (χ0v) is 28.0. The van der Waals surface area contributed by atoms with Gasteiger partial charge in [-0.05, 0) is 53.6 Å². The van der Waals surface area contributed by atoms with Gasteiger partial charge in [-0.15, -0.1) is 0 Å². The first-order chi connectivity index (χ1) is 26.3. The van der Waals surface area contributed by atoms with E-state index in [1.165, 1.54) is 0 Å². The number of hydrogen-bond acceptors (Lipinski definition) is 7. The average molecular weight is 683 g/mol. The van der Waals surface area contributed by atoms with Crippen LogP contribution in [0.3, 0.4) is 0 Å². The first-order valence-corrected chi connectivity index (χ1v) is 17.4. The smallest absolute Gasteiger partial charge is 0.227 e. The third kappa shape index (κ3) is 4.68. The van der Waals surface area contributed by atoms with E-state index in [9.17, 15) is 0 Å². The molecular formula is C46H26N4O3. The summed E-state index contributed by atoms with van der Waals surface area (Å²) in [5, 5.41) is 3.69. The van der Waals surface area contributed by atoms with Crippen LogP contribution in [0.5, 0.6) is 0 Å². The van der Waals surface area contributed by atoms with Gasteiger partial charge in [-0.1, -0.05) is 115 Å². The van der Waals surface area contributed by atoms with Crippen LogP contribution in [0.4, 0.5) is 0 Å². The number of para-hydroxylation sites is 2. The van der Waals surface area contributed by atoms with Crippen molar-refractivity contribution >= 4 is 55.0 Å². The van der Waals surface area contributed by atoms with Gasteiger partial charge in [0.05, 0.1) is 10.9 Å². The lowest BCUT2D eigenvalue weighted by molar-refractivity contribution is 0.622. The Morgan fingerprint density at radius 2 is 0.906 bits per heavy atom. The fraction of sp³-hybridized carbons (Fsp3) is 0. The Kier molecular flexibility index (Phi) is 6.42. The van der Waals surface area contributed by atoms with Crippen LogP contribution in [0.1, 0.15) is 0 Å². The fourth-order valence-electron chi connectivity index (χ4n) is 7.39. The van der Waals surface area contributed by atoms with Gasteiger partial charge in [0.25, 0.3) is 0 Å². The number of nitrogens with zero attached hydrogens (tertiary/aromatic N) is 4. The van der Waals surface area contributed by atoms with Crippen molar-refractivity contribution in [1.82, 2.24) is 19.9 Å². The van der Waals surface area contributed by atoms with Crippen LogP contribution < -0.4 is 0 Å². The Morgan fingerprint density at radius 3 is 1.74 bits per heavy atom. The molecule has 0 bridgehead atoms. The highest BCUT2D eigenvalue weighted by Gasteiger charge is 2.23. The highest BCUT2D eigenvalue weighted by molar-refractivity contribution is 6.18. The van der Waals surface area contributed by atoms with E-state index in [0.29, 0.717) is 40.1 Å². The van der Waals surface area contributed by atoms with Crippen molar-refractivity contribution < 1.29 is 13.3 Å². The summed E-state index contributed by atoms with van der Waals surface area (Å²) in [5.74, 6) is 2.13. The monoisotopic (exact) mass is 682 g/mol. The van der Waals surface area contributed by atoms with Crippen LogP contribution in [-0.4, -0.2) is 19.9 Å². The van der Waals surface area contributed by atoms with Gasteiger partial charge in [0.1, 0.15) is 27.8 Å².